The summed E-state index contributed by atoms with van der Waals surface area (Å²) in [5, 5.41) is 0.832. The van der Waals surface area contributed by atoms with Gasteiger partial charge in [-0.1, -0.05) is 23.9 Å². The van der Waals surface area contributed by atoms with Crippen molar-refractivity contribution in [2.24, 2.45) is 0 Å². The number of nitrogens with zero attached hydrogens (tertiary/aromatic N) is 3. The summed E-state index contributed by atoms with van der Waals surface area (Å²) in [7, 11) is 1.60. The Labute approximate surface area is 140 Å². The number of methoxy groups -OCH3 is 1. The summed E-state index contributed by atoms with van der Waals surface area (Å²) in [5.74, 6) is 2.06. The van der Waals surface area contributed by atoms with Crippen molar-refractivity contribution in [1.82, 2.24) is 9.97 Å². The second kappa shape index (κ2) is 7.46. The van der Waals surface area contributed by atoms with Crippen LogP contribution in [0.4, 0.5) is 5.82 Å². The third-order valence-electron chi connectivity index (χ3n) is 3.80. The van der Waals surface area contributed by atoms with Crippen molar-refractivity contribution in [1.29, 1.82) is 0 Å². The summed E-state index contributed by atoms with van der Waals surface area (Å²) in [5.41, 5.74) is 0.658. The van der Waals surface area contributed by atoms with Crippen LogP contribution >= 0.6 is 11.8 Å². The SMILES string of the molecule is COc1cccc(C(=O)CSc2cc(N3CCCC3)ncn2)c1. The van der Waals surface area contributed by atoms with Crippen LogP contribution in [0.25, 0.3) is 0 Å². The number of hydrogen-bond donors (Lipinski definition) is 0. The van der Waals surface area contributed by atoms with Crippen LogP contribution in [0.1, 0.15) is 23.2 Å². The van der Waals surface area contributed by atoms with Crippen LogP contribution in [0.15, 0.2) is 41.7 Å². The lowest BCUT2D eigenvalue weighted by Gasteiger charge is -2.16. The molecule has 120 valence electrons. The molecule has 0 unspecified atom stereocenters. The fourth-order valence-corrected chi connectivity index (χ4v) is 3.30. The van der Waals surface area contributed by atoms with Crippen molar-refractivity contribution >= 4 is 23.4 Å². The lowest BCUT2D eigenvalue weighted by Crippen LogP contribution is -2.19. The molecule has 1 aliphatic rings. The summed E-state index contributed by atoms with van der Waals surface area (Å²) < 4.78 is 5.16. The van der Waals surface area contributed by atoms with E-state index in [1.54, 1.807) is 25.6 Å². The summed E-state index contributed by atoms with van der Waals surface area (Å²) in [6.45, 7) is 2.09. The van der Waals surface area contributed by atoms with Gasteiger partial charge in [-0.2, -0.15) is 0 Å². The van der Waals surface area contributed by atoms with E-state index in [1.807, 2.05) is 18.2 Å². The van der Waals surface area contributed by atoms with E-state index in [-0.39, 0.29) is 5.78 Å². The molecule has 23 heavy (non-hydrogen) atoms. The van der Waals surface area contributed by atoms with Crippen molar-refractivity contribution in [3.63, 3.8) is 0 Å². The Balaban J connectivity index is 1.63. The zero-order chi connectivity index (χ0) is 16.1. The molecule has 1 fully saturated rings. The van der Waals surface area contributed by atoms with Gasteiger partial charge < -0.3 is 9.64 Å². The number of aromatic nitrogens is 2. The number of rotatable bonds is 6. The minimum atomic E-state index is 0.0650. The Kier molecular flexibility index (Phi) is 5.12. The van der Waals surface area contributed by atoms with Crippen molar-refractivity contribution in [3.8, 4) is 5.75 Å². The predicted molar refractivity (Wildman–Crippen MR) is 91.5 cm³/mol. The summed E-state index contributed by atoms with van der Waals surface area (Å²) in [4.78, 5) is 23.1. The maximum absolute atomic E-state index is 12.3. The number of ketones is 1. The average molecular weight is 329 g/mol. The Morgan fingerprint density at radius 1 is 1.26 bits per heavy atom. The quantitative estimate of drug-likeness (QED) is 0.461. The second-order valence-electron chi connectivity index (χ2n) is 5.35. The molecule has 0 saturated carbocycles. The molecule has 6 heteroatoms. The first-order valence-corrected chi connectivity index (χ1v) is 8.62. The normalized spacial score (nSPS) is 14.0. The highest BCUT2D eigenvalue weighted by atomic mass is 32.2. The Bertz CT molecular complexity index is 687. The maximum Gasteiger partial charge on any atom is 0.173 e. The fourth-order valence-electron chi connectivity index (χ4n) is 2.55. The minimum absolute atomic E-state index is 0.0650. The van der Waals surface area contributed by atoms with Crippen molar-refractivity contribution in [3.05, 3.63) is 42.2 Å². The maximum atomic E-state index is 12.3. The monoisotopic (exact) mass is 329 g/mol. The van der Waals surface area contributed by atoms with Crippen molar-refractivity contribution in [2.75, 3.05) is 30.9 Å². The first-order valence-electron chi connectivity index (χ1n) is 7.63. The number of Topliss-reactive ketones (excluding diaryl/α,β-unsaturated/α-hetero) is 1. The van der Waals surface area contributed by atoms with Gasteiger partial charge in [0.1, 0.15) is 22.9 Å². The molecular weight excluding hydrogens is 310 g/mol. The van der Waals surface area contributed by atoms with Crippen molar-refractivity contribution < 1.29 is 9.53 Å². The van der Waals surface area contributed by atoms with Gasteiger partial charge in [0.15, 0.2) is 5.78 Å². The van der Waals surface area contributed by atoms with Gasteiger partial charge in [-0.3, -0.25) is 4.79 Å². The van der Waals surface area contributed by atoms with Crippen LogP contribution < -0.4 is 9.64 Å². The number of anilines is 1. The molecule has 2 heterocycles. The van der Waals surface area contributed by atoms with Crippen LogP contribution in [0.3, 0.4) is 0 Å². The fraction of sp³-hybridized carbons (Fsp3) is 0.353. The molecule has 0 bridgehead atoms. The molecule has 0 amide bonds. The van der Waals surface area contributed by atoms with Gasteiger partial charge in [0.2, 0.25) is 0 Å². The molecule has 0 N–H and O–H groups in total. The lowest BCUT2D eigenvalue weighted by molar-refractivity contribution is 0.102. The van der Waals surface area contributed by atoms with E-state index in [1.165, 1.54) is 24.6 Å². The van der Waals surface area contributed by atoms with Gasteiger partial charge >= 0.3 is 0 Å². The molecular formula is C17H19N3O2S. The molecule has 1 aromatic heterocycles. The zero-order valence-electron chi connectivity index (χ0n) is 13.1. The van der Waals surface area contributed by atoms with Crippen LogP contribution in [-0.4, -0.2) is 41.7 Å². The van der Waals surface area contributed by atoms with Gasteiger partial charge in [-0.25, -0.2) is 9.97 Å². The third kappa shape index (κ3) is 4.01. The molecule has 0 atom stereocenters. The molecule has 0 spiro atoms. The first kappa shape index (κ1) is 15.8. The van der Waals surface area contributed by atoms with Crippen LogP contribution in [0, 0.1) is 0 Å². The number of carbonyl (C=O) groups excluding carboxylic acids is 1. The van der Waals surface area contributed by atoms with Crippen molar-refractivity contribution in [2.45, 2.75) is 17.9 Å². The average Bonchev–Trinajstić information content (AvgIpc) is 3.14. The molecule has 2 aromatic rings. The predicted octanol–water partition coefficient (Wildman–Crippen LogP) is 3.06. The topological polar surface area (TPSA) is 55.3 Å². The molecule has 1 aromatic carbocycles. The lowest BCUT2D eigenvalue weighted by atomic mass is 10.1. The molecule has 1 saturated heterocycles. The Hall–Kier alpha value is -2.08. The highest BCUT2D eigenvalue weighted by Gasteiger charge is 2.15. The molecule has 3 rings (SSSR count). The van der Waals surface area contributed by atoms with Gasteiger partial charge in [-0.15, -0.1) is 0 Å². The van der Waals surface area contributed by atoms with E-state index in [0.29, 0.717) is 17.1 Å². The summed E-state index contributed by atoms with van der Waals surface area (Å²) in [6, 6.07) is 9.19. The first-order chi connectivity index (χ1) is 11.3. The highest BCUT2D eigenvalue weighted by Crippen LogP contribution is 2.23. The number of benzene rings is 1. The second-order valence-corrected chi connectivity index (χ2v) is 6.35. The van der Waals surface area contributed by atoms with Gasteiger partial charge in [0.05, 0.1) is 12.9 Å². The van der Waals surface area contributed by atoms with Crippen LogP contribution in [0.2, 0.25) is 0 Å². The molecule has 5 nitrogen and oxygen atoms in total. The number of ether oxygens (including phenoxy) is 1. The van der Waals surface area contributed by atoms with E-state index in [9.17, 15) is 4.79 Å². The van der Waals surface area contributed by atoms with Crippen LogP contribution in [-0.2, 0) is 0 Å². The number of thioether (sulfide) groups is 1. The molecule has 1 aliphatic heterocycles. The number of carbonyl (C=O) groups is 1. The molecule has 0 aliphatic carbocycles. The largest absolute Gasteiger partial charge is 0.497 e. The Morgan fingerprint density at radius 3 is 2.87 bits per heavy atom. The van der Waals surface area contributed by atoms with Gasteiger partial charge in [-0.05, 0) is 25.0 Å². The molecule has 0 radical (unpaired) electrons. The Morgan fingerprint density at radius 2 is 2.09 bits per heavy atom. The smallest absolute Gasteiger partial charge is 0.173 e. The van der Waals surface area contributed by atoms with Crippen LogP contribution in [0.5, 0.6) is 5.75 Å². The van der Waals surface area contributed by atoms with Gasteiger partial charge in [0.25, 0.3) is 0 Å². The van der Waals surface area contributed by atoms with E-state index in [2.05, 4.69) is 14.9 Å². The third-order valence-corrected chi connectivity index (χ3v) is 4.73. The standard InChI is InChI=1S/C17H19N3O2S/c1-22-14-6-4-5-13(9-14)15(21)11-23-17-10-16(18-12-19-17)20-7-2-3-8-20/h4-6,9-10,12H,2-3,7-8,11H2,1H3. The summed E-state index contributed by atoms with van der Waals surface area (Å²) in [6.07, 6.45) is 3.99. The minimum Gasteiger partial charge on any atom is -0.497 e. The zero-order valence-corrected chi connectivity index (χ0v) is 13.9. The van der Waals surface area contributed by atoms with E-state index < -0.39 is 0 Å². The number of hydrogen-bond acceptors (Lipinski definition) is 6. The summed E-state index contributed by atoms with van der Waals surface area (Å²) >= 11 is 1.44. The van der Waals surface area contributed by atoms with E-state index in [4.69, 9.17) is 4.74 Å². The van der Waals surface area contributed by atoms with E-state index >= 15 is 0 Å². The van der Waals surface area contributed by atoms with E-state index in [0.717, 1.165) is 23.9 Å². The highest BCUT2D eigenvalue weighted by molar-refractivity contribution is 7.99. The van der Waals surface area contributed by atoms with Gasteiger partial charge in [0, 0.05) is 24.7 Å².